The Morgan fingerprint density at radius 1 is 1.44 bits per heavy atom. The number of methoxy groups -OCH3 is 1. The Morgan fingerprint density at radius 2 is 2.12 bits per heavy atom. The molecule has 2 N–H and O–H groups in total. The number of aryl methyl sites for hydroxylation is 1. The van der Waals surface area contributed by atoms with E-state index < -0.39 is 0 Å². The average molecular weight is 239 g/mol. The SMILES string of the molecule is CCC(Oc1ccc(C)cc1OC)C(N)=S. The molecule has 0 heterocycles. The number of hydrogen-bond acceptors (Lipinski definition) is 3. The lowest BCUT2D eigenvalue weighted by Crippen LogP contribution is -2.31. The zero-order chi connectivity index (χ0) is 12.1. The Labute approximate surface area is 102 Å². The van der Waals surface area contributed by atoms with Crippen LogP contribution in [0, 0.1) is 6.92 Å². The normalized spacial score (nSPS) is 11.9. The predicted molar refractivity (Wildman–Crippen MR) is 69.2 cm³/mol. The van der Waals surface area contributed by atoms with Gasteiger partial charge in [-0.1, -0.05) is 25.2 Å². The molecule has 0 saturated heterocycles. The first kappa shape index (κ1) is 12.8. The topological polar surface area (TPSA) is 44.5 Å². The molecule has 0 amide bonds. The number of nitrogens with two attached hydrogens (primary N) is 1. The second-order valence-electron chi connectivity index (χ2n) is 3.57. The van der Waals surface area contributed by atoms with E-state index in [4.69, 9.17) is 27.4 Å². The van der Waals surface area contributed by atoms with E-state index in [1.54, 1.807) is 7.11 Å². The number of hydrogen-bond donors (Lipinski definition) is 1. The smallest absolute Gasteiger partial charge is 0.162 e. The van der Waals surface area contributed by atoms with E-state index in [0.29, 0.717) is 16.5 Å². The molecule has 0 aromatic heterocycles. The monoisotopic (exact) mass is 239 g/mol. The molecule has 0 bridgehead atoms. The largest absolute Gasteiger partial charge is 0.493 e. The highest BCUT2D eigenvalue weighted by atomic mass is 32.1. The molecule has 88 valence electrons. The Morgan fingerprint density at radius 3 is 2.62 bits per heavy atom. The van der Waals surface area contributed by atoms with Crippen LogP contribution in [-0.4, -0.2) is 18.2 Å². The Bertz CT molecular complexity index is 379. The minimum absolute atomic E-state index is 0.244. The molecule has 0 aliphatic carbocycles. The van der Waals surface area contributed by atoms with Crippen molar-refractivity contribution in [2.75, 3.05) is 7.11 Å². The fourth-order valence-corrected chi connectivity index (χ4v) is 1.58. The maximum atomic E-state index is 5.71. The van der Waals surface area contributed by atoms with Gasteiger partial charge in [-0.3, -0.25) is 0 Å². The summed E-state index contributed by atoms with van der Waals surface area (Å²) in [6.07, 6.45) is 0.499. The third kappa shape index (κ3) is 3.10. The second kappa shape index (κ2) is 5.70. The first-order valence-electron chi connectivity index (χ1n) is 5.19. The summed E-state index contributed by atoms with van der Waals surface area (Å²) in [5.41, 5.74) is 6.70. The molecular formula is C12H17NO2S. The van der Waals surface area contributed by atoms with Crippen LogP contribution < -0.4 is 15.2 Å². The molecule has 16 heavy (non-hydrogen) atoms. The van der Waals surface area contributed by atoms with E-state index in [1.165, 1.54) is 0 Å². The van der Waals surface area contributed by atoms with Crippen molar-refractivity contribution in [1.29, 1.82) is 0 Å². The van der Waals surface area contributed by atoms with Gasteiger partial charge in [0, 0.05) is 0 Å². The van der Waals surface area contributed by atoms with E-state index in [0.717, 1.165) is 12.0 Å². The minimum Gasteiger partial charge on any atom is -0.493 e. The van der Waals surface area contributed by atoms with Crippen LogP contribution in [0.4, 0.5) is 0 Å². The van der Waals surface area contributed by atoms with Gasteiger partial charge >= 0.3 is 0 Å². The maximum absolute atomic E-state index is 5.71. The third-order valence-electron chi connectivity index (χ3n) is 2.28. The standard InChI is InChI=1S/C12H17NO2S/c1-4-9(12(13)16)15-10-6-5-8(2)7-11(10)14-3/h5-7,9H,4H2,1-3H3,(H2,13,16). The number of benzene rings is 1. The lowest BCUT2D eigenvalue weighted by molar-refractivity contribution is 0.249. The van der Waals surface area contributed by atoms with Crippen LogP contribution in [0.25, 0.3) is 0 Å². The van der Waals surface area contributed by atoms with Crippen LogP contribution in [-0.2, 0) is 0 Å². The van der Waals surface area contributed by atoms with Gasteiger partial charge in [0.2, 0.25) is 0 Å². The van der Waals surface area contributed by atoms with Crippen LogP contribution in [0.2, 0.25) is 0 Å². The van der Waals surface area contributed by atoms with Crippen molar-refractivity contribution < 1.29 is 9.47 Å². The van der Waals surface area contributed by atoms with Gasteiger partial charge in [0.05, 0.1) is 7.11 Å². The van der Waals surface area contributed by atoms with Gasteiger partial charge in [-0.2, -0.15) is 0 Å². The van der Waals surface area contributed by atoms with Crippen molar-refractivity contribution in [3.8, 4) is 11.5 Å². The summed E-state index contributed by atoms with van der Waals surface area (Å²) in [5, 5.41) is 0. The molecule has 1 aromatic rings. The van der Waals surface area contributed by atoms with Gasteiger partial charge in [-0.25, -0.2) is 0 Å². The molecule has 0 aliphatic rings. The van der Waals surface area contributed by atoms with Crippen molar-refractivity contribution in [3.05, 3.63) is 23.8 Å². The predicted octanol–water partition coefficient (Wildman–Crippen LogP) is 2.45. The van der Waals surface area contributed by atoms with Crippen molar-refractivity contribution in [2.45, 2.75) is 26.4 Å². The number of rotatable bonds is 5. The van der Waals surface area contributed by atoms with Gasteiger partial charge in [-0.05, 0) is 31.0 Å². The van der Waals surface area contributed by atoms with E-state index in [-0.39, 0.29) is 6.10 Å². The van der Waals surface area contributed by atoms with Gasteiger partial charge in [0.15, 0.2) is 11.5 Å². The molecule has 1 unspecified atom stereocenters. The molecular weight excluding hydrogens is 222 g/mol. The second-order valence-corrected chi connectivity index (χ2v) is 4.04. The molecule has 0 fully saturated rings. The number of thiocarbonyl (C=S) groups is 1. The van der Waals surface area contributed by atoms with Gasteiger partial charge in [0.1, 0.15) is 11.1 Å². The molecule has 0 saturated carbocycles. The Balaban J connectivity index is 2.91. The highest BCUT2D eigenvalue weighted by molar-refractivity contribution is 7.80. The van der Waals surface area contributed by atoms with Crippen LogP contribution in [0.1, 0.15) is 18.9 Å². The molecule has 0 radical (unpaired) electrons. The molecule has 0 aliphatic heterocycles. The highest BCUT2D eigenvalue weighted by Gasteiger charge is 2.14. The van der Waals surface area contributed by atoms with Gasteiger partial charge < -0.3 is 15.2 Å². The maximum Gasteiger partial charge on any atom is 0.162 e. The van der Waals surface area contributed by atoms with Gasteiger partial charge in [0.25, 0.3) is 0 Å². The molecule has 1 atom stereocenters. The first-order valence-corrected chi connectivity index (χ1v) is 5.60. The summed E-state index contributed by atoms with van der Waals surface area (Å²) in [6, 6.07) is 5.75. The zero-order valence-electron chi connectivity index (χ0n) is 9.82. The van der Waals surface area contributed by atoms with Crippen molar-refractivity contribution >= 4 is 17.2 Å². The summed E-state index contributed by atoms with van der Waals surface area (Å²) in [5.74, 6) is 1.38. The minimum atomic E-state index is -0.244. The lowest BCUT2D eigenvalue weighted by Gasteiger charge is -2.18. The fourth-order valence-electron chi connectivity index (χ4n) is 1.37. The van der Waals surface area contributed by atoms with Crippen molar-refractivity contribution in [1.82, 2.24) is 0 Å². The first-order chi connectivity index (χ1) is 7.58. The van der Waals surface area contributed by atoms with Crippen molar-refractivity contribution in [3.63, 3.8) is 0 Å². The molecule has 4 heteroatoms. The average Bonchev–Trinajstić information content (AvgIpc) is 2.26. The summed E-state index contributed by atoms with van der Waals surface area (Å²) in [4.78, 5) is 0.366. The molecule has 1 rings (SSSR count). The third-order valence-corrected chi connectivity index (χ3v) is 2.54. The zero-order valence-corrected chi connectivity index (χ0v) is 10.6. The molecule has 3 nitrogen and oxygen atoms in total. The van der Waals surface area contributed by atoms with E-state index in [2.05, 4.69) is 0 Å². The van der Waals surface area contributed by atoms with Crippen molar-refractivity contribution in [2.24, 2.45) is 5.73 Å². The van der Waals surface area contributed by atoms with E-state index in [9.17, 15) is 0 Å². The van der Waals surface area contributed by atoms with Crippen LogP contribution >= 0.6 is 12.2 Å². The van der Waals surface area contributed by atoms with Crippen LogP contribution in [0.3, 0.4) is 0 Å². The summed E-state index contributed by atoms with van der Waals surface area (Å²) in [7, 11) is 1.61. The van der Waals surface area contributed by atoms with E-state index in [1.807, 2.05) is 32.0 Å². The molecule has 0 spiro atoms. The van der Waals surface area contributed by atoms with Crippen LogP contribution in [0.15, 0.2) is 18.2 Å². The Hall–Kier alpha value is -1.29. The van der Waals surface area contributed by atoms with Crippen LogP contribution in [0.5, 0.6) is 11.5 Å². The summed E-state index contributed by atoms with van der Waals surface area (Å²) < 4.78 is 11.0. The quantitative estimate of drug-likeness (QED) is 0.802. The number of ether oxygens (including phenoxy) is 2. The highest BCUT2D eigenvalue weighted by Crippen LogP contribution is 2.29. The van der Waals surface area contributed by atoms with E-state index >= 15 is 0 Å². The summed E-state index contributed by atoms with van der Waals surface area (Å²) in [6.45, 7) is 3.97. The fraction of sp³-hybridized carbons (Fsp3) is 0.417. The summed E-state index contributed by atoms with van der Waals surface area (Å²) >= 11 is 4.93. The Kier molecular flexibility index (Phi) is 4.55. The lowest BCUT2D eigenvalue weighted by atomic mass is 10.2. The molecule has 1 aromatic carbocycles. The van der Waals surface area contributed by atoms with Gasteiger partial charge in [-0.15, -0.1) is 0 Å².